The molecule has 2 aliphatic rings. The molecule has 1 aliphatic heterocycles. The van der Waals surface area contributed by atoms with E-state index >= 15 is 0 Å². The number of nitrogens with zero attached hydrogens (tertiary/aromatic N) is 2. The molecule has 0 unspecified atom stereocenters. The lowest BCUT2D eigenvalue weighted by Crippen LogP contribution is -2.46. The molecule has 1 N–H and O–H groups in total. The quantitative estimate of drug-likeness (QED) is 0.840. The number of amides is 1. The molecular formula is C15H28N2O2. The number of aliphatic hydroxyl groups is 1. The second-order valence-corrected chi connectivity index (χ2v) is 6.38. The maximum atomic E-state index is 12.5. The third kappa shape index (κ3) is 3.69. The lowest BCUT2D eigenvalue weighted by molar-refractivity contribution is -0.138. The maximum absolute atomic E-state index is 12.5. The average molecular weight is 268 g/mol. The minimum absolute atomic E-state index is 0.201. The Morgan fingerprint density at radius 3 is 2.26 bits per heavy atom. The molecule has 19 heavy (non-hydrogen) atoms. The van der Waals surface area contributed by atoms with Crippen molar-refractivity contribution in [2.24, 2.45) is 11.8 Å². The molecule has 0 aromatic rings. The van der Waals surface area contributed by atoms with Crippen LogP contribution in [0.2, 0.25) is 0 Å². The molecule has 1 saturated carbocycles. The standard InChI is InChI=1S/C15H28N2O2/c1-16-9-7-14(8-10-16)17(2)15(19)13-5-3-12(11-18)4-6-13/h12-14,18H,3-11H2,1-2H3. The molecule has 110 valence electrons. The molecule has 4 heteroatoms. The van der Waals surface area contributed by atoms with E-state index in [0.717, 1.165) is 51.6 Å². The van der Waals surface area contributed by atoms with Crippen LogP contribution < -0.4 is 0 Å². The van der Waals surface area contributed by atoms with Gasteiger partial charge in [-0.2, -0.15) is 0 Å². The van der Waals surface area contributed by atoms with Crippen LogP contribution in [0.3, 0.4) is 0 Å². The molecule has 0 spiro atoms. The molecule has 0 radical (unpaired) electrons. The van der Waals surface area contributed by atoms with E-state index in [0.29, 0.717) is 17.9 Å². The van der Waals surface area contributed by atoms with Crippen LogP contribution in [0.15, 0.2) is 0 Å². The average Bonchev–Trinajstić information content (AvgIpc) is 2.46. The van der Waals surface area contributed by atoms with Crippen molar-refractivity contribution in [3.05, 3.63) is 0 Å². The molecule has 2 fully saturated rings. The van der Waals surface area contributed by atoms with Crippen LogP contribution >= 0.6 is 0 Å². The zero-order valence-corrected chi connectivity index (χ0v) is 12.3. The number of hydrogen-bond donors (Lipinski definition) is 1. The number of piperidine rings is 1. The van der Waals surface area contributed by atoms with Gasteiger partial charge in [0.05, 0.1) is 0 Å². The van der Waals surface area contributed by atoms with E-state index in [1.54, 1.807) is 0 Å². The third-order valence-electron chi connectivity index (χ3n) is 5.04. The summed E-state index contributed by atoms with van der Waals surface area (Å²) in [4.78, 5) is 16.9. The molecule has 1 heterocycles. The Balaban J connectivity index is 1.82. The summed E-state index contributed by atoms with van der Waals surface area (Å²) in [7, 11) is 4.13. The van der Waals surface area contributed by atoms with Crippen LogP contribution in [-0.2, 0) is 4.79 Å². The first kappa shape index (κ1) is 14.8. The predicted molar refractivity (Wildman–Crippen MR) is 75.8 cm³/mol. The fraction of sp³-hybridized carbons (Fsp3) is 0.933. The van der Waals surface area contributed by atoms with E-state index in [-0.39, 0.29) is 12.5 Å². The SMILES string of the molecule is CN1CCC(N(C)C(=O)C2CCC(CO)CC2)CC1. The number of carbonyl (C=O) groups is 1. The van der Waals surface area contributed by atoms with Crippen molar-refractivity contribution in [3.8, 4) is 0 Å². The summed E-state index contributed by atoms with van der Waals surface area (Å²) in [5.74, 6) is 0.969. The minimum atomic E-state index is 0.201. The van der Waals surface area contributed by atoms with Gasteiger partial charge in [0.2, 0.25) is 5.91 Å². The molecular weight excluding hydrogens is 240 g/mol. The van der Waals surface area contributed by atoms with E-state index in [4.69, 9.17) is 5.11 Å². The zero-order valence-electron chi connectivity index (χ0n) is 12.3. The van der Waals surface area contributed by atoms with Gasteiger partial charge >= 0.3 is 0 Å². The van der Waals surface area contributed by atoms with Crippen molar-refractivity contribution in [3.63, 3.8) is 0 Å². The molecule has 1 aliphatic carbocycles. The summed E-state index contributed by atoms with van der Waals surface area (Å²) in [6.07, 6.45) is 6.14. The number of likely N-dealkylation sites (tertiary alicyclic amines) is 1. The van der Waals surface area contributed by atoms with Crippen molar-refractivity contribution in [1.82, 2.24) is 9.80 Å². The Morgan fingerprint density at radius 2 is 1.74 bits per heavy atom. The summed E-state index contributed by atoms with van der Waals surface area (Å²) in [5, 5.41) is 9.15. The third-order valence-corrected chi connectivity index (χ3v) is 5.04. The molecule has 0 bridgehead atoms. The highest BCUT2D eigenvalue weighted by molar-refractivity contribution is 5.79. The van der Waals surface area contributed by atoms with Gasteiger partial charge < -0.3 is 14.9 Å². The summed E-state index contributed by atoms with van der Waals surface area (Å²) >= 11 is 0. The van der Waals surface area contributed by atoms with Gasteiger partial charge in [-0.25, -0.2) is 0 Å². The first-order chi connectivity index (χ1) is 9.11. The minimum Gasteiger partial charge on any atom is -0.396 e. The van der Waals surface area contributed by atoms with Crippen LogP contribution in [0.25, 0.3) is 0 Å². The molecule has 1 amide bonds. The van der Waals surface area contributed by atoms with Gasteiger partial charge in [-0.3, -0.25) is 4.79 Å². The second kappa shape index (κ2) is 6.71. The van der Waals surface area contributed by atoms with E-state index < -0.39 is 0 Å². The maximum Gasteiger partial charge on any atom is 0.225 e. The van der Waals surface area contributed by atoms with E-state index in [2.05, 4.69) is 11.9 Å². The van der Waals surface area contributed by atoms with Gasteiger partial charge in [0.1, 0.15) is 0 Å². The summed E-state index contributed by atoms with van der Waals surface area (Å²) in [5.41, 5.74) is 0. The van der Waals surface area contributed by atoms with Crippen molar-refractivity contribution >= 4 is 5.91 Å². The Kier molecular flexibility index (Phi) is 5.22. The second-order valence-electron chi connectivity index (χ2n) is 6.38. The number of hydrogen-bond acceptors (Lipinski definition) is 3. The van der Waals surface area contributed by atoms with Crippen LogP contribution in [0, 0.1) is 11.8 Å². The molecule has 2 rings (SSSR count). The van der Waals surface area contributed by atoms with Gasteiger partial charge in [0.15, 0.2) is 0 Å². The topological polar surface area (TPSA) is 43.8 Å². The number of aliphatic hydroxyl groups excluding tert-OH is 1. The first-order valence-electron chi connectivity index (χ1n) is 7.68. The smallest absolute Gasteiger partial charge is 0.225 e. The van der Waals surface area contributed by atoms with E-state index in [1.807, 2.05) is 11.9 Å². The number of carbonyl (C=O) groups excluding carboxylic acids is 1. The van der Waals surface area contributed by atoms with Crippen molar-refractivity contribution in [1.29, 1.82) is 0 Å². The zero-order chi connectivity index (χ0) is 13.8. The highest BCUT2D eigenvalue weighted by Gasteiger charge is 2.31. The summed E-state index contributed by atoms with van der Waals surface area (Å²) in [6, 6.07) is 0.430. The molecule has 0 aromatic carbocycles. The normalized spacial score (nSPS) is 30.3. The van der Waals surface area contributed by atoms with E-state index in [1.165, 1.54) is 0 Å². The van der Waals surface area contributed by atoms with Crippen LogP contribution in [0.5, 0.6) is 0 Å². The number of rotatable bonds is 3. The molecule has 1 saturated heterocycles. The molecule has 0 aromatic heterocycles. The van der Waals surface area contributed by atoms with Gasteiger partial charge in [0.25, 0.3) is 0 Å². The van der Waals surface area contributed by atoms with Gasteiger partial charge in [-0.1, -0.05) is 0 Å². The van der Waals surface area contributed by atoms with Crippen LogP contribution in [-0.4, -0.2) is 60.6 Å². The Labute approximate surface area is 116 Å². The van der Waals surface area contributed by atoms with Crippen LogP contribution in [0.4, 0.5) is 0 Å². The molecule has 0 atom stereocenters. The Hall–Kier alpha value is -0.610. The lowest BCUT2D eigenvalue weighted by atomic mass is 9.81. The predicted octanol–water partition coefficient (Wildman–Crippen LogP) is 1.34. The highest BCUT2D eigenvalue weighted by Crippen LogP contribution is 2.30. The Bertz CT molecular complexity index is 293. The van der Waals surface area contributed by atoms with Crippen molar-refractivity contribution < 1.29 is 9.90 Å². The highest BCUT2D eigenvalue weighted by atomic mass is 16.3. The fourth-order valence-corrected chi connectivity index (χ4v) is 3.44. The first-order valence-corrected chi connectivity index (χ1v) is 7.68. The Morgan fingerprint density at radius 1 is 1.16 bits per heavy atom. The summed E-state index contributed by atoms with van der Waals surface area (Å²) < 4.78 is 0. The van der Waals surface area contributed by atoms with Crippen molar-refractivity contribution in [2.75, 3.05) is 33.8 Å². The van der Waals surface area contributed by atoms with Gasteiger partial charge in [-0.15, -0.1) is 0 Å². The largest absolute Gasteiger partial charge is 0.396 e. The lowest BCUT2D eigenvalue weighted by Gasteiger charge is -2.38. The van der Waals surface area contributed by atoms with Gasteiger partial charge in [-0.05, 0) is 64.6 Å². The summed E-state index contributed by atoms with van der Waals surface area (Å²) in [6.45, 7) is 2.48. The molecule has 4 nitrogen and oxygen atoms in total. The van der Waals surface area contributed by atoms with Crippen molar-refractivity contribution in [2.45, 2.75) is 44.6 Å². The van der Waals surface area contributed by atoms with Crippen LogP contribution in [0.1, 0.15) is 38.5 Å². The van der Waals surface area contributed by atoms with E-state index in [9.17, 15) is 4.79 Å². The fourth-order valence-electron chi connectivity index (χ4n) is 3.44. The monoisotopic (exact) mass is 268 g/mol. The van der Waals surface area contributed by atoms with Gasteiger partial charge in [0, 0.05) is 25.6 Å².